The van der Waals surface area contributed by atoms with Gasteiger partial charge in [0.2, 0.25) is 0 Å². The molecule has 3 N–H and O–H groups in total. The number of hydrogen-bond acceptors (Lipinski definition) is 5. The number of ether oxygens (including phenoxy) is 1. The summed E-state index contributed by atoms with van der Waals surface area (Å²) in [6, 6.07) is 4.14. The molecule has 1 aromatic carbocycles. The van der Waals surface area contributed by atoms with Crippen molar-refractivity contribution in [1.29, 1.82) is 0 Å². The first-order chi connectivity index (χ1) is 9.43. The molecule has 0 saturated carbocycles. The summed E-state index contributed by atoms with van der Waals surface area (Å²) in [6.45, 7) is 5.39. The van der Waals surface area contributed by atoms with Crippen LogP contribution in [0.2, 0.25) is 0 Å². The van der Waals surface area contributed by atoms with E-state index in [4.69, 9.17) is 10.5 Å². The molecule has 0 aromatic heterocycles. The lowest BCUT2D eigenvalue weighted by Gasteiger charge is -2.09. The van der Waals surface area contributed by atoms with Crippen LogP contribution in [0.25, 0.3) is 0 Å². The van der Waals surface area contributed by atoms with Crippen molar-refractivity contribution in [2.75, 3.05) is 25.5 Å². The van der Waals surface area contributed by atoms with Crippen LogP contribution in [0.1, 0.15) is 24.2 Å². The van der Waals surface area contributed by atoms with Crippen molar-refractivity contribution >= 4 is 17.3 Å². The quantitative estimate of drug-likeness (QED) is 0.341. The Labute approximate surface area is 117 Å². The van der Waals surface area contributed by atoms with Crippen molar-refractivity contribution < 1.29 is 14.5 Å². The number of para-hydroxylation sites is 1. The summed E-state index contributed by atoms with van der Waals surface area (Å²) in [4.78, 5) is 22.0. The number of nitro benzene ring substituents is 1. The van der Waals surface area contributed by atoms with E-state index in [1.165, 1.54) is 18.2 Å². The number of nitrogens with one attached hydrogen (secondary N) is 1. The third-order valence-corrected chi connectivity index (χ3v) is 2.51. The van der Waals surface area contributed by atoms with E-state index in [1.54, 1.807) is 0 Å². The van der Waals surface area contributed by atoms with Gasteiger partial charge in [0.15, 0.2) is 0 Å². The molecule has 0 aliphatic carbocycles. The Morgan fingerprint density at radius 2 is 2.20 bits per heavy atom. The molecule has 7 heteroatoms. The minimum absolute atomic E-state index is 0.100. The van der Waals surface area contributed by atoms with E-state index in [9.17, 15) is 14.9 Å². The molecule has 0 bridgehead atoms. The van der Waals surface area contributed by atoms with Gasteiger partial charge >= 0.3 is 0 Å². The van der Waals surface area contributed by atoms with E-state index in [0.717, 1.165) is 0 Å². The van der Waals surface area contributed by atoms with Gasteiger partial charge in [0.1, 0.15) is 5.69 Å². The first-order valence-electron chi connectivity index (χ1n) is 6.32. The van der Waals surface area contributed by atoms with Crippen LogP contribution in [0.15, 0.2) is 18.2 Å². The molecule has 110 valence electrons. The summed E-state index contributed by atoms with van der Waals surface area (Å²) >= 11 is 0. The Morgan fingerprint density at radius 3 is 2.80 bits per heavy atom. The topological polar surface area (TPSA) is 107 Å². The van der Waals surface area contributed by atoms with Crippen molar-refractivity contribution in [1.82, 2.24) is 5.32 Å². The highest BCUT2D eigenvalue weighted by atomic mass is 16.6. The third-order valence-electron chi connectivity index (χ3n) is 2.51. The molecule has 1 aromatic rings. The fourth-order valence-corrected chi connectivity index (χ4v) is 1.56. The fourth-order valence-electron chi connectivity index (χ4n) is 1.56. The van der Waals surface area contributed by atoms with Crippen LogP contribution in [0.4, 0.5) is 11.4 Å². The van der Waals surface area contributed by atoms with Crippen molar-refractivity contribution in [2.45, 2.75) is 13.8 Å². The number of amides is 1. The van der Waals surface area contributed by atoms with Crippen LogP contribution < -0.4 is 11.1 Å². The summed E-state index contributed by atoms with van der Waals surface area (Å²) in [6.07, 6.45) is 0. The number of nitrogens with two attached hydrogens (primary N) is 1. The number of hydrogen-bond donors (Lipinski definition) is 2. The molecule has 0 saturated heterocycles. The number of carbonyl (C=O) groups is 1. The highest BCUT2D eigenvalue weighted by Crippen LogP contribution is 2.24. The largest absolute Gasteiger partial charge is 0.393 e. The Hall–Kier alpha value is -2.15. The number of nitrogens with zero attached hydrogens (tertiary/aromatic N) is 1. The van der Waals surface area contributed by atoms with E-state index in [1.807, 2.05) is 13.8 Å². The minimum atomic E-state index is -0.613. The van der Waals surface area contributed by atoms with Gasteiger partial charge < -0.3 is 15.8 Å². The minimum Gasteiger partial charge on any atom is -0.393 e. The average molecular weight is 281 g/mol. The van der Waals surface area contributed by atoms with Gasteiger partial charge in [-0.15, -0.1) is 0 Å². The summed E-state index contributed by atoms with van der Waals surface area (Å²) in [5, 5.41) is 13.3. The molecule has 0 aliphatic rings. The van der Waals surface area contributed by atoms with Crippen LogP contribution in [0.3, 0.4) is 0 Å². The molecule has 0 atom stereocenters. The second-order valence-corrected chi connectivity index (χ2v) is 4.72. The van der Waals surface area contributed by atoms with Crippen molar-refractivity contribution in [3.8, 4) is 0 Å². The third kappa shape index (κ3) is 4.51. The number of benzene rings is 1. The van der Waals surface area contributed by atoms with E-state index in [-0.39, 0.29) is 16.9 Å². The van der Waals surface area contributed by atoms with E-state index >= 15 is 0 Å². The summed E-state index contributed by atoms with van der Waals surface area (Å²) in [7, 11) is 0. The monoisotopic (exact) mass is 281 g/mol. The number of carbonyl (C=O) groups excluding carboxylic acids is 1. The Morgan fingerprint density at radius 1 is 1.50 bits per heavy atom. The molecule has 1 rings (SSSR count). The van der Waals surface area contributed by atoms with Gasteiger partial charge in [0.05, 0.1) is 17.1 Å². The molecular formula is C13H19N3O4. The Kier molecular flexibility index (Phi) is 5.92. The lowest BCUT2D eigenvalue weighted by molar-refractivity contribution is -0.383. The molecular weight excluding hydrogens is 262 g/mol. The fraction of sp³-hybridized carbons (Fsp3) is 0.462. The maximum absolute atomic E-state index is 11.9. The molecule has 0 fully saturated rings. The summed E-state index contributed by atoms with van der Waals surface area (Å²) in [5.41, 5.74) is 5.33. The Bertz CT molecular complexity index is 489. The lowest BCUT2D eigenvalue weighted by atomic mass is 10.1. The van der Waals surface area contributed by atoms with Crippen LogP contribution in [-0.4, -0.2) is 30.6 Å². The highest BCUT2D eigenvalue weighted by molar-refractivity contribution is 6.00. The second-order valence-electron chi connectivity index (χ2n) is 4.72. The van der Waals surface area contributed by atoms with Crippen molar-refractivity contribution in [2.24, 2.45) is 5.92 Å². The first-order valence-corrected chi connectivity index (χ1v) is 6.32. The predicted molar refractivity (Wildman–Crippen MR) is 75.5 cm³/mol. The van der Waals surface area contributed by atoms with Crippen molar-refractivity contribution in [3.05, 3.63) is 33.9 Å². The smallest absolute Gasteiger partial charge is 0.292 e. The standard InChI is InChI=1S/C13H19N3O4/c1-9(2)8-20-7-6-15-13(17)10-4-3-5-11(12(10)14)16(18)19/h3-5,9H,6-8,14H2,1-2H3,(H,15,17). The summed E-state index contributed by atoms with van der Waals surface area (Å²) in [5.74, 6) is -0.0162. The van der Waals surface area contributed by atoms with Crippen molar-refractivity contribution in [3.63, 3.8) is 0 Å². The second kappa shape index (κ2) is 7.44. The molecule has 7 nitrogen and oxygen atoms in total. The van der Waals surface area contributed by atoms with Gasteiger partial charge in [-0.25, -0.2) is 0 Å². The van der Waals surface area contributed by atoms with Gasteiger partial charge in [-0.1, -0.05) is 19.9 Å². The zero-order valence-electron chi connectivity index (χ0n) is 11.6. The van der Waals surface area contributed by atoms with Gasteiger partial charge in [0, 0.05) is 19.2 Å². The summed E-state index contributed by atoms with van der Waals surface area (Å²) < 4.78 is 5.32. The highest BCUT2D eigenvalue weighted by Gasteiger charge is 2.18. The maximum Gasteiger partial charge on any atom is 0.292 e. The van der Waals surface area contributed by atoms with E-state index < -0.39 is 10.8 Å². The van der Waals surface area contributed by atoms with Gasteiger partial charge in [-0.2, -0.15) is 0 Å². The molecule has 0 spiro atoms. The predicted octanol–water partition coefficient (Wildman–Crippen LogP) is 1.58. The van der Waals surface area contributed by atoms with Crippen LogP contribution in [0, 0.1) is 16.0 Å². The first kappa shape index (κ1) is 15.9. The van der Waals surface area contributed by atoms with Gasteiger partial charge in [-0.05, 0) is 12.0 Å². The molecule has 0 unspecified atom stereocenters. The molecule has 20 heavy (non-hydrogen) atoms. The zero-order valence-corrected chi connectivity index (χ0v) is 11.6. The average Bonchev–Trinajstić information content (AvgIpc) is 2.37. The number of nitrogen functional groups attached to an aromatic ring is 1. The Balaban J connectivity index is 2.56. The SMILES string of the molecule is CC(C)COCCNC(=O)c1cccc([N+](=O)[O-])c1N. The van der Waals surface area contributed by atoms with Crippen LogP contribution in [0.5, 0.6) is 0 Å². The number of rotatable bonds is 7. The number of nitro groups is 1. The van der Waals surface area contributed by atoms with Crippen LogP contribution >= 0.6 is 0 Å². The maximum atomic E-state index is 11.9. The van der Waals surface area contributed by atoms with E-state index in [2.05, 4.69) is 5.32 Å². The number of anilines is 1. The lowest BCUT2D eigenvalue weighted by Crippen LogP contribution is -2.28. The molecule has 0 aliphatic heterocycles. The van der Waals surface area contributed by atoms with Crippen LogP contribution in [-0.2, 0) is 4.74 Å². The zero-order chi connectivity index (χ0) is 15.1. The van der Waals surface area contributed by atoms with Gasteiger partial charge in [-0.3, -0.25) is 14.9 Å². The molecule has 0 heterocycles. The normalized spacial score (nSPS) is 10.6. The van der Waals surface area contributed by atoms with E-state index in [0.29, 0.717) is 25.7 Å². The molecule has 0 radical (unpaired) electrons. The molecule has 1 amide bonds. The van der Waals surface area contributed by atoms with Gasteiger partial charge in [0.25, 0.3) is 11.6 Å².